The second-order valence-electron chi connectivity index (χ2n) is 0.513. The smallest absolute Gasteiger partial charge is 0.303 e. The molecule has 38 valence electrons. The number of hydrogen-bond acceptors (Lipinski definition) is 1. The summed E-state index contributed by atoms with van der Waals surface area (Å²) in [6.45, 7) is 0. The predicted octanol–water partition coefficient (Wildman–Crippen LogP) is -2.11. The van der Waals surface area contributed by atoms with Gasteiger partial charge in [-0.2, -0.15) is 0 Å². The van der Waals surface area contributed by atoms with Crippen LogP contribution in [0, 0.1) is 0 Å². The van der Waals surface area contributed by atoms with E-state index in [4.69, 9.17) is 19.2 Å². The first-order chi connectivity index (χ1) is 2.00. The molecular formula is H6BO4P. The van der Waals surface area contributed by atoms with E-state index in [1.807, 2.05) is 0 Å². The molecule has 0 bridgehead atoms. The summed E-state index contributed by atoms with van der Waals surface area (Å²) in [5, 5.41) is 0. The Morgan fingerprint density at radius 3 is 1.17 bits per heavy atom. The van der Waals surface area contributed by atoms with Crippen LogP contribution in [0.2, 0.25) is 0 Å². The third kappa shape index (κ3) is 1380. The highest BCUT2D eigenvalue weighted by Gasteiger charge is 2.00. The Labute approximate surface area is 36.6 Å². The van der Waals surface area contributed by atoms with E-state index in [0.717, 1.165) is 0 Å². The summed E-state index contributed by atoms with van der Waals surface area (Å²) in [5.41, 5.74) is 0. The second-order valence-corrected chi connectivity index (χ2v) is 1.54. The predicted molar refractivity (Wildman–Crippen MR) is 24.2 cm³/mol. The molecule has 0 rings (SSSR count). The van der Waals surface area contributed by atoms with Gasteiger partial charge in [0.15, 0.2) is 0 Å². The number of rotatable bonds is 0. The number of phosphoric acid groups is 1. The second kappa shape index (κ2) is 2.37. The molecule has 0 fully saturated rings. The van der Waals surface area contributed by atoms with Crippen LogP contribution in [0.4, 0.5) is 0 Å². The van der Waals surface area contributed by atoms with Crippen LogP contribution in [-0.2, 0) is 4.57 Å². The molecule has 0 aromatic heterocycles. The van der Waals surface area contributed by atoms with Crippen molar-refractivity contribution < 1.29 is 19.2 Å². The maximum atomic E-state index is 8.88. The molecule has 0 aliphatic carbocycles. The SMILES string of the molecule is B.O=P(O)(O)O. The Bertz CT molecular complexity index is 53.7. The molecule has 0 aliphatic heterocycles. The van der Waals surface area contributed by atoms with Crippen LogP contribution in [0.25, 0.3) is 0 Å². The monoisotopic (exact) mass is 112 g/mol. The van der Waals surface area contributed by atoms with Crippen molar-refractivity contribution >= 4 is 16.2 Å². The van der Waals surface area contributed by atoms with E-state index >= 15 is 0 Å². The first kappa shape index (κ1) is 9.49. The van der Waals surface area contributed by atoms with E-state index < -0.39 is 7.82 Å². The van der Waals surface area contributed by atoms with Crippen molar-refractivity contribution in [3.05, 3.63) is 0 Å². The van der Waals surface area contributed by atoms with Crippen LogP contribution < -0.4 is 0 Å². The van der Waals surface area contributed by atoms with E-state index in [-0.39, 0.29) is 8.41 Å². The van der Waals surface area contributed by atoms with Crippen LogP contribution in [-0.4, -0.2) is 23.1 Å². The maximum Gasteiger partial charge on any atom is 0.466 e. The average molecular weight is 112 g/mol. The lowest BCUT2D eigenvalue weighted by atomic mass is 10.8. The zero-order valence-corrected chi connectivity index (χ0v) is 3.09. The minimum Gasteiger partial charge on any atom is -0.303 e. The van der Waals surface area contributed by atoms with Crippen molar-refractivity contribution in [2.75, 3.05) is 0 Å². The first-order valence-corrected chi connectivity index (χ1v) is 2.35. The Morgan fingerprint density at radius 1 is 1.17 bits per heavy atom. The fraction of sp³-hybridized carbons (Fsp3) is 0. The lowest BCUT2D eigenvalue weighted by Gasteiger charge is -1.82. The molecule has 0 unspecified atom stereocenters. The van der Waals surface area contributed by atoms with Crippen molar-refractivity contribution in [3.63, 3.8) is 0 Å². The third-order valence-electron chi connectivity index (χ3n) is 0. The molecule has 0 aromatic carbocycles. The largest absolute Gasteiger partial charge is 0.466 e. The summed E-state index contributed by atoms with van der Waals surface area (Å²) < 4.78 is 8.88. The Kier molecular flexibility index (Phi) is 3.74. The summed E-state index contributed by atoms with van der Waals surface area (Å²) in [6, 6.07) is 0. The van der Waals surface area contributed by atoms with Crippen molar-refractivity contribution in [3.8, 4) is 0 Å². The molecule has 0 aliphatic rings. The zero-order valence-electron chi connectivity index (χ0n) is 2.20. The van der Waals surface area contributed by atoms with Gasteiger partial charge in [-0.25, -0.2) is 4.57 Å². The van der Waals surface area contributed by atoms with Crippen molar-refractivity contribution in [2.45, 2.75) is 0 Å². The Balaban J connectivity index is 0. The standard InChI is InChI=1S/BH3.H3O4P/c;1-5(2,3)4/h1H3;(H3,1,2,3,4). The fourth-order valence-electron chi connectivity index (χ4n) is 0. The Morgan fingerprint density at radius 2 is 1.17 bits per heavy atom. The van der Waals surface area contributed by atoms with Gasteiger partial charge in [0.05, 0.1) is 8.41 Å². The topological polar surface area (TPSA) is 77.8 Å². The number of hydrogen-bond donors (Lipinski definition) is 3. The molecule has 0 amide bonds. The van der Waals surface area contributed by atoms with Gasteiger partial charge in [-0.1, -0.05) is 0 Å². The molecule has 3 N–H and O–H groups in total. The van der Waals surface area contributed by atoms with Gasteiger partial charge >= 0.3 is 7.82 Å². The maximum absolute atomic E-state index is 8.88. The Hall–Kier alpha value is 0.175. The summed E-state index contributed by atoms with van der Waals surface area (Å²) in [7, 11) is -4.64. The van der Waals surface area contributed by atoms with Gasteiger partial charge in [-0.05, 0) is 0 Å². The summed E-state index contributed by atoms with van der Waals surface area (Å²) >= 11 is 0. The van der Waals surface area contributed by atoms with Crippen LogP contribution in [0.15, 0.2) is 0 Å². The lowest BCUT2D eigenvalue weighted by molar-refractivity contribution is 0.275. The minimum absolute atomic E-state index is 0. The molecule has 0 radical (unpaired) electrons. The van der Waals surface area contributed by atoms with Crippen LogP contribution in [0.1, 0.15) is 0 Å². The third-order valence-corrected chi connectivity index (χ3v) is 0. The van der Waals surface area contributed by atoms with Crippen molar-refractivity contribution in [1.82, 2.24) is 0 Å². The molecule has 4 nitrogen and oxygen atoms in total. The van der Waals surface area contributed by atoms with Gasteiger partial charge in [-0.15, -0.1) is 0 Å². The summed E-state index contributed by atoms with van der Waals surface area (Å²) in [5.74, 6) is 0. The van der Waals surface area contributed by atoms with E-state index in [9.17, 15) is 0 Å². The lowest BCUT2D eigenvalue weighted by Crippen LogP contribution is -1.66. The first-order valence-electron chi connectivity index (χ1n) is 0.783. The molecular weight excluding hydrogens is 106 g/mol. The fourth-order valence-corrected chi connectivity index (χ4v) is 0. The van der Waals surface area contributed by atoms with Crippen molar-refractivity contribution in [2.24, 2.45) is 0 Å². The molecule has 6 heavy (non-hydrogen) atoms. The molecule has 0 saturated carbocycles. The highest BCUT2D eigenvalue weighted by molar-refractivity contribution is 7.45. The van der Waals surface area contributed by atoms with Gasteiger partial charge in [-0.3, -0.25) is 0 Å². The molecule has 0 aromatic rings. The molecule has 0 atom stereocenters. The highest BCUT2D eigenvalue weighted by Crippen LogP contribution is 2.25. The average Bonchev–Trinajstić information content (AvgIpc) is 0.722. The van der Waals surface area contributed by atoms with Crippen LogP contribution in [0.3, 0.4) is 0 Å². The zero-order chi connectivity index (χ0) is 4.50. The quantitative estimate of drug-likeness (QED) is 0.247. The van der Waals surface area contributed by atoms with E-state index in [0.29, 0.717) is 0 Å². The summed E-state index contributed by atoms with van der Waals surface area (Å²) in [6.07, 6.45) is 0. The van der Waals surface area contributed by atoms with Crippen LogP contribution in [0.5, 0.6) is 0 Å². The van der Waals surface area contributed by atoms with Gasteiger partial charge in [0.1, 0.15) is 0 Å². The van der Waals surface area contributed by atoms with Crippen LogP contribution >= 0.6 is 7.82 Å². The van der Waals surface area contributed by atoms with E-state index in [2.05, 4.69) is 0 Å². The van der Waals surface area contributed by atoms with E-state index in [1.165, 1.54) is 0 Å². The minimum atomic E-state index is -4.64. The molecule has 0 spiro atoms. The van der Waals surface area contributed by atoms with Gasteiger partial charge < -0.3 is 14.7 Å². The molecule has 0 saturated heterocycles. The van der Waals surface area contributed by atoms with Gasteiger partial charge in [0.25, 0.3) is 0 Å². The molecule has 6 heteroatoms. The molecule has 0 heterocycles. The van der Waals surface area contributed by atoms with Gasteiger partial charge in [0.2, 0.25) is 0 Å². The summed E-state index contributed by atoms with van der Waals surface area (Å²) in [4.78, 5) is 21.6. The highest BCUT2D eigenvalue weighted by atomic mass is 31.2. The van der Waals surface area contributed by atoms with Gasteiger partial charge in [0, 0.05) is 0 Å². The van der Waals surface area contributed by atoms with E-state index in [1.54, 1.807) is 0 Å². The van der Waals surface area contributed by atoms with Crippen molar-refractivity contribution in [1.29, 1.82) is 0 Å². The normalized spacial score (nSPS) is 9.83.